The van der Waals surface area contributed by atoms with Crippen LogP contribution < -0.4 is 5.32 Å². The molecule has 2 heterocycles. The Labute approximate surface area is 196 Å². The summed E-state index contributed by atoms with van der Waals surface area (Å²) in [6, 6.07) is 3.87. The van der Waals surface area contributed by atoms with Gasteiger partial charge in [0.1, 0.15) is 0 Å². The van der Waals surface area contributed by atoms with E-state index in [1.54, 1.807) is 6.92 Å². The first-order chi connectivity index (χ1) is 15.7. The Hall–Kier alpha value is -2.08. The first-order valence-electron chi connectivity index (χ1n) is 11.7. The zero-order chi connectivity index (χ0) is 24.0. The number of aryl methyl sites for hydroxylation is 1. The van der Waals surface area contributed by atoms with Gasteiger partial charge in [-0.2, -0.15) is 4.31 Å². The van der Waals surface area contributed by atoms with Crippen LogP contribution >= 0.6 is 0 Å². The van der Waals surface area contributed by atoms with Crippen molar-refractivity contribution in [2.24, 2.45) is 5.92 Å². The van der Waals surface area contributed by atoms with Gasteiger partial charge in [-0.1, -0.05) is 13.0 Å². The maximum atomic E-state index is 13.1. The Balaban J connectivity index is 1.44. The number of non-ortho nitro benzene ring substituents is 1. The Kier molecular flexibility index (Phi) is 8.80. The van der Waals surface area contributed by atoms with Crippen LogP contribution in [0.15, 0.2) is 23.1 Å². The second-order valence-corrected chi connectivity index (χ2v) is 10.7. The first-order valence-corrected chi connectivity index (χ1v) is 13.1. The number of likely N-dealkylation sites (N-methyl/N-ethyl adjacent to an activating group) is 1. The lowest BCUT2D eigenvalue weighted by molar-refractivity contribution is -0.385. The summed E-state index contributed by atoms with van der Waals surface area (Å²) >= 11 is 0. The third-order valence-corrected chi connectivity index (χ3v) is 8.73. The molecule has 1 aromatic carbocycles. The number of carbonyl (C=O) groups is 1. The highest BCUT2D eigenvalue weighted by atomic mass is 32.2. The molecule has 2 aliphatic heterocycles. The number of hydrogen-bond acceptors (Lipinski definition) is 7. The largest absolute Gasteiger partial charge is 0.356 e. The molecule has 3 rings (SSSR count). The highest BCUT2D eigenvalue weighted by Crippen LogP contribution is 2.28. The molecule has 11 heteroatoms. The summed E-state index contributed by atoms with van der Waals surface area (Å²) in [6.07, 6.45) is 1.78. The van der Waals surface area contributed by atoms with E-state index in [4.69, 9.17) is 0 Å². The SMILES string of the molecule is CCN1CCN(CCCNC(=O)C2CCN(S(=O)(=O)c3cc([N+](=O)[O-])ccc3C)CC2)CC1. The van der Waals surface area contributed by atoms with E-state index < -0.39 is 14.9 Å². The Morgan fingerprint density at radius 1 is 1.12 bits per heavy atom. The van der Waals surface area contributed by atoms with E-state index in [0.29, 0.717) is 24.9 Å². The highest BCUT2D eigenvalue weighted by Gasteiger charge is 2.33. The molecule has 0 unspecified atom stereocenters. The first kappa shape index (κ1) is 25.5. The fraction of sp³-hybridized carbons (Fsp3) is 0.682. The van der Waals surface area contributed by atoms with Crippen molar-refractivity contribution >= 4 is 21.6 Å². The second-order valence-electron chi connectivity index (χ2n) is 8.81. The number of nitro benzene ring substituents is 1. The molecular formula is C22H35N5O5S. The predicted molar refractivity (Wildman–Crippen MR) is 125 cm³/mol. The quantitative estimate of drug-likeness (QED) is 0.322. The average molecular weight is 482 g/mol. The lowest BCUT2D eigenvalue weighted by atomic mass is 9.97. The Morgan fingerprint density at radius 3 is 2.36 bits per heavy atom. The minimum Gasteiger partial charge on any atom is -0.356 e. The van der Waals surface area contributed by atoms with E-state index >= 15 is 0 Å². The number of nitrogens with zero attached hydrogens (tertiary/aromatic N) is 4. The summed E-state index contributed by atoms with van der Waals surface area (Å²) in [7, 11) is -3.85. The minimum absolute atomic E-state index is 0.0191. The van der Waals surface area contributed by atoms with Crippen LogP contribution in [-0.4, -0.2) is 92.3 Å². The molecule has 184 valence electrons. The van der Waals surface area contributed by atoms with E-state index in [1.807, 2.05) is 0 Å². The number of sulfonamides is 1. The molecule has 0 atom stereocenters. The molecule has 1 amide bonds. The average Bonchev–Trinajstić information content (AvgIpc) is 2.82. The maximum absolute atomic E-state index is 13.1. The van der Waals surface area contributed by atoms with Gasteiger partial charge < -0.3 is 15.1 Å². The van der Waals surface area contributed by atoms with Gasteiger partial charge in [-0.15, -0.1) is 0 Å². The van der Waals surface area contributed by atoms with Gasteiger partial charge in [0.25, 0.3) is 5.69 Å². The number of nitro groups is 1. The molecule has 10 nitrogen and oxygen atoms in total. The van der Waals surface area contributed by atoms with E-state index in [-0.39, 0.29) is 35.5 Å². The molecule has 33 heavy (non-hydrogen) atoms. The number of hydrogen-bond donors (Lipinski definition) is 1. The molecule has 1 N–H and O–H groups in total. The van der Waals surface area contributed by atoms with Crippen LogP contribution in [-0.2, 0) is 14.8 Å². The summed E-state index contributed by atoms with van der Waals surface area (Å²) in [5, 5.41) is 14.1. The summed E-state index contributed by atoms with van der Waals surface area (Å²) in [5.41, 5.74) is 0.220. The molecule has 2 fully saturated rings. The number of piperidine rings is 1. The molecule has 0 aromatic heterocycles. The van der Waals surface area contributed by atoms with Gasteiger partial charge in [0.15, 0.2) is 0 Å². The minimum atomic E-state index is -3.85. The van der Waals surface area contributed by atoms with E-state index in [0.717, 1.165) is 51.8 Å². The van der Waals surface area contributed by atoms with E-state index in [9.17, 15) is 23.3 Å². The van der Waals surface area contributed by atoms with Gasteiger partial charge >= 0.3 is 0 Å². The standard InChI is InChI=1S/C22H35N5O5S/c1-3-24-13-15-25(16-14-24)10-4-9-23-22(28)19-7-11-26(12-8-19)33(31,32)21-17-20(27(29)30)6-5-18(21)2/h5-6,17,19H,3-4,7-16H2,1-2H3,(H,23,28). The van der Waals surface area contributed by atoms with Crippen LogP contribution in [0.25, 0.3) is 0 Å². The van der Waals surface area contributed by atoms with Crippen LogP contribution in [0.4, 0.5) is 5.69 Å². The van der Waals surface area contributed by atoms with Crippen molar-refractivity contribution < 1.29 is 18.1 Å². The van der Waals surface area contributed by atoms with Gasteiger partial charge in [0.2, 0.25) is 15.9 Å². The molecule has 0 aliphatic carbocycles. The number of amides is 1. The van der Waals surface area contributed by atoms with Crippen LogP contribution in [0.3, 0.4) is 0 Å². The van der Waals surface area contributed by atoms with Crippen molar-refractivity contribution in [3.8, 4) is 0 Å². The number of carbonyl (C=O) groups excluding carboxylic acids is 1. The Bertz CT molecular complexity index is 938. The van der Waals surface area contributed by atoms with Crippen LogP contribution in [0, 0.1) is 23.0 Å². The number of nitrogens with one attached hydrogen (secondary N) is 1. The van der Waals surface area contributed by atoms with Gasteiger partial charge in [-0.05, 0) is 44.8 Å². The van der Waals surface area contributed by atoms with Crippen molar-refractivity contribution in [1.29, 1.82) is 0 Å². The molecule has 0 radical (unpaired) electrons. The van der Waals surface area contributed by atoms with Gasteiger partial charge in [0.05, 0.1) is 9.82 Å². The zero-order valence-electron chi connectivity index (χ0n) is 19.5. The molecule has 0 saturated carbocycles. The van der Waals surface area contributed by atoms with Crippen molar-refractivity contribution in [3.05, 3.63) is 33.9 Å². The lowest BCUT2D eigenvalue weighted by Gasteiger charge is -2.34. The monoisotopic (exact) mass is 481 g/mol. The van der Waals surface area contributed by atoms with Crippen LogP contribution in [0.5, 0.6) is 0 Å². The highest BCUT2D eigenvalue weighted by molar-refractivity contribution is 7.89. The molecule has 2 aliphatic rings. The summed E-state index contributed by atoms with van der Waals surface area (Å²) < 4.78 is 27.4. The number of rotatable bonds is 9. The smallest absolute Gasteiger partial charge is 0.270 e. The maximum Gasteiger partial charge on any atom is 0.270 e. The normalized spacial score (nSPS) is 19.5. The Morgan fingerprint density at radius 2 is 1.76 bits per heavy atom. The fourth-order valence-corrected chi connectivity index (χ4v) is 6.18. The van der Waals surface area contributed by atoms with Gasteiger partial charge in [-0.25, -0.2) is 8.42 Å². The second kappa shape index (κ2) is 11.4. The zero-order valence-corrected chi connectivity index (χ0v) is 20.3. The molecule has 2 saturated heterocycles. The van der Waals surface area contributed by atoms with Crippen molar-refractivity contribution in [1.82, 2.24) is 19.4 Å². The molecule has 1 aromatic rings. The fourth-order valence-electron chi connectivity index (χ4n) is 4.47. The summed E-state index contributed by atoms with van der Waals surface area (Å²) in [4.78, 5) is 27.8. The summed E-state index contributed by atoms with van der Waals surface area (Å²) in [5.74, 6) is -0.231. The van der Waals surface area contributed by atoms with Gasteiger partial charge in [-0.3, -0.25) is 14.9 Å². The van der Waals surface area contributed by atoms with Crippen LogP contribution in [0.2, 0.25) is 0 Å². The lowest BCUT2D eigenvalue weighted by Crippen LogP contribution is -2.47. The van der Waals surface area contributed by atoms with Crippen molar-refractivity contribution in [3.63, 3.8) is 0 Å². The molecule has 0 spiro atoms. The van der Waals surface area contributed by atoms with Gasteiger partial charge in [0, 0.05) is 63.9 Å². The van der Waals surface area contributed by atoms with E-state index in [1.165, 1.54) is 16.4 Å². The predicted octanol–water partition coefficient (Wildman–Crippen LogP) is 1.45. The molecular weight excluding hydrogens is 446 g/mol. The number of piperazine rings is 1. The summed E-state index contributed by atoms with van der Waals surface area (Å²) in [6.45, 7) is 11.3. The topological polar surface area (TPSA) is 116 Å². The molecule has 0 bridgehead atoms. The van der Waals surface area contributed by atoms with Crippen molar-refractivity contribution in [2.45, 2.75) is 38.0 Å². The van der Waals surface area contributed by atoms with Crippen LogP contribution in [0.1, 0.15) is 31.7 Å². The van der Waals surface area contributed by atoms with Crippen molar-refractivity contribution in [2.75, 3.05) is 58.9 Å². The van der Waals surface area contributed by atoms with E-state index in [2.05, 4.69) is 22.0 Å². The number of benzene rings is 1. The third-order valence-electron chi connectivity index (χ3n) is 6.69. The third kappa shape index (κ3) is 6.50.